The predicted molar refractivity (Wildman–Crippen MR) is 90.6 cm³/mol. The summed E-state index contributed by atoms with van der Waals surface area (Å²) in [6, 6.07) is 3.23. The van der Waals surface area contributed by atoms with Crippen LogP contribution in [0.25, 0.3) is 0 Å². The number of hydrogen-bond acceptors (Lipinski definition) is 5. The number of aromatic nitrogens is 1. The van der Waals surface area contributed by atoms with Gasteiger partial charge in [-0.15, -0.1) is 12.4 Å². The van der Waals surface area contributed by atoms with E-state index in [2.05, 4.69) is 10.3 Å². The van der Waals surface area contributed by atoms with E-state index in [-0.39, 0.29) is 30.3 Å². The molecule has 1 saturated heterocycles. The monoisotopic (exact) mass is 343 g/mol. The normalized spacial score (nSPS) is 16.5. The zero-order valence-corrected chi connectivity index (χ0v) is 14.5. The van der Waals surface area contributed by atoms with Crippen molar-refractivity contribution in [3.8, 4) is 5.88 Å². The van der Waals surface area contributed by atoms with Crippen LogP contribution in [0.15, 0.2) is 18.3 Å². The fraction of sp³-hybridized carbons (Fsp3) is 0.625. The molecular weight excluding hydrogens is 318 g/mol. The lowest BCUT2D eigenvalue weighted by Crippen LogP contribution is -2.43. The third-order valence-corrected chi connectivity index (χ3v) is 3.74. The summed E-state index contributed by atoms with van der Waals surface area (Å²) in [5.74, 6) is 0.565. The van der Waals surface area contributed by atoms with Gasteiger partial charge >= 0.3 is 0 Å². The molecule has 0 bridgehead atoms. The Balaban J connectivity index is 0.00000264. The second-order valence-electron chi connectivity index (χ2n) is 5.92. The summed E-state index contributed by atoms with van der Waals surface area (Å²) in [5, 5.41) is 2.84. The van der Waals surface area contributed by atoms with Crippen LogP contribution in [0.3, 0.4) is 0 Å². The minimum atomic E-state index is -0.486. The highest BCUT2D eigenvalue weighted by molar-refractivity contribution is 5.85. The van der Waals surface area contributed by atoms with Crippen molar-refractivity contribution in [2.24, 2.45) is 11.7 Å². The average molecular weight is 344 g/mol. The molecular formula is C16H26ClN3O3. The van der Waals surface area contributed by atoms with Crippen LogP contribution >= 0.6 is 12.4 Å². The third-order valence-electron chi connectivity index (χ3n) is 3.74. The number of nitrogens with two attached hydrogens (primary N) is 1. The molecule has 1 aromatic rings. The van der Waals surface area contributed by atoms with E-state index >= 15 is 0 Å². The first-order valence-corrected chi connectivity index (χ1v) is 7.79. The van der Waals surface area contributed by atoms with E-state index < -0.39 is 6.04 Å². The SMILES string of the molecule is CC(C)[C@H](N)C(=O)NCc1ccnc(OC2CCOCC2)c1.Cl. The summed E-state index contributed by atoms with van der Waals surface area (Å²) >= 11 is 0. The van der Waals surface area contributed by atoms with Crippen molar-refractivity contribution >= 4 is 18.3 Å². The van der Waals surface area contributed by atoms with E-state index in [9.17, 15) is 4.79 Å². The fourth-order valence-corrected chi connectivity index (χ4v) is 2.20. The summed E-state index contributed by atoms with van der Waals surface area (Å²) in [6.45, 7) is 5.74. The molecule has 0 aromatic carbocycles. The van der Waals surface area contributed by atoms with Crippen molar-refractivity contribution in [3.05, 3.63) is 23.9 Å². The zero-order chi connectivity index (χ0) is 15.9. The Morgan fingerprint density at radius 2 is 2.17 bits per heavy atom. The van der Waals surface area contributed by atoms with Gasteiger partial charge in [0.25, 0.3) is 0 Å². The summed E-state index contributed by atoms with van der Waals surface area (Å²) < 4.78 is 11.2. The molecule has 1 fully saturated rings. The maximum Gasteiger partial charge on any atom is 0.237 e. The summed E-state index contributed by atoms with van der Waals surface area (Å²) in [4.78, 5) is 16.1. The largest absolute Gasteiger partial charge is 0.474 e. The van der Waals surface area contributed by atoms with Gasteiger partial charge in [-0.2, -0.15) is 0 Å². The fourth-order valence-electron chi connectivity index (χ4n) is 2.20. The number of halogens is 1. The lowest BCUT2D eigenvalue weighted by atomic mass is 10.1. The van der Waals surface area contributed by atoms with Gasteiger partial charge in [0.15, 0.2) is 0 Å². The van der Waals surface area contributed by atoms with Crippen molar-refractivity contribution in [3.63, 3.8) is 0 Å². The number of carbonyl (C=O) groups excluding carboxylic acids is 1. The number of rotatable bonds is 6. The molecule has 130 valence electrons. The van der Waals surface area contributed by atoms with Gasteiger partial charge in [-0.1, -0.05) is 13.8 Å². The highest BCUT2D eigenvalue weighted by atomic mass is 35.5. The zero-order valence-electron chi connectivity index (χ0n) is 13.7. The summed E-state index contributed by atoms with van der Waals surface area (Å²) in [5.41, 5.74) is 6.76. The number of ether oxygens (including phenoxy) is 2. The van der Waals surface area contributed by atoms with Gasteiger partial charge in [-0.05, 0) is 17.5 Å². The van der Waals surface area contributed by atoms with Crippen molar-refractivity contribution in [1.29, 1.82) is 0 Å². The Kier molecular flexibility index (Phi) is 8.30. The molecule has 2 heterocycles. The van der Waals surface area contributed by atoms with Crippen LogP contribution in [0, 0.1) is 5.92 Å². The highest BCUT2D eigenvalue weighted by Gasteiger charge is 2.17. The van der Waals surface area contributed by atoms with Gasteiger partial charge in [0.1, 0.15) is 6.10 Å². The Bertz CT molecular complexity index is 493. The lowest BCUT2D eigenvalue weighted by molar-refractivity contribution is -0.123. The Morgan fingerprint density at radius 3 is 2.83 bits per heavy atom. The maximum absolute atomic E-state index is 11.9. The van der Waals surface area contributed by atoms with Crippen LogP contribution in [0.2, 0.25) is 0 Å². The van der Waals surface area contributed by atoms with E-state index in [1.54, 1.807) is 6.20 Å². The first-order valence-electron chi connectivity index (χ1n) is 7.79. The Hall–Kier alpha value is -1.37. The number of hydrogen-bond donors (Lipinski definition) is 2. The molecule has 23 heavy (non-hydrogen) atoms. The molecule has 1 aliphatic rings. The maximum atomic E-state index is 11.9. The van der Waals surface area contributed by atoms with Crippen LogP contribution in [0.4, 0.5) is 0 Å². The van der Waals surface area contributed by atoms with E-state index in [1.807, 2.05) is 26.0 Å². The molecule has 1 atom stereocenters. The van der Waals surface area contributed by atoms with Gasteiger partial charge in [0, 0.05) is 31.6 Å². The van der Waals surface area contributed by atoms with Crippen molar-refractivity contribution in [2.75, 3.05) is 13.2 Å². The molecule has 3 N–H and O–H groups in total. The summed E-state index contributed by atoms with van der Waals surface area (Å²) in [7, 11) is 0. The minimum absolute atomic E-state index is 0. The van der Waals surface area contributed by atoms with E-state index in [4.69, 9.17) is 15.2 Å². The number of nitrogens with one attached hydrogen (secondary N) is 1. The van der Waals surface area contributed by atoms with Crippen LogP contribution in [-0.4, -0.2) is 36.3 Å². The van der Waals surface area contributed by atoms with E-state index in [0.29, 0.717) is 12.4 Å². The second kappa shape index (κ2) is 9.70. The number of nitrogens with zero attached hydrogens (tertiary/aromatic N) is 1. The van der Waals surface area contributed by atoms with Crippen molar-refractivity contribution in [1.82, 2.24) is 10.3 Å². The smallest absolute Gasteiger partial charge is 0.237 e. The molecule has 0 radical (unpaired) electrons. The molecule has 6 nitrogen and oxygen atoms in total. The molecule has 0 aliphatic carbocycles. The number of amides is 1. The molecule has 7 heteroatoms. The summed E-state index contributed by atoms with van der Waals surface area (Å²) in [6.07, 6.45) is 3.61. The molecule has 1 aromatic heterocycles. The first-order chi connectivity index (χ1) is 10.6. The first kappa shape index (κ1) is 19.7. The quantitative estimate of drug-likeness (QED) is 0.820. The third kappa shape index (κ3) is 6.33. The minimum Gasteiger partial charge on any atom is -0.474 e. The topological polar surface area (TPSA) is 86.5 Å². The van der Waals surface area contributed by atoms with Gasteiger partial charge < -0.3 is 20.5 Å². The van der Waals surface area contributed by atoms with Gasteiger partial charge in [0.2, 0.25) is 11.8 Å². The van der Waals surface area contributed by atoms with Crippen molar-refractivity contribution < 1.29 is 14.3 Å². The van der Waals surface area contributed by atoms with Crippen molar-refractivity contribution in [2.45, 2.75) is 45.4 Å². The Morgan fingerprint density at radius 1 is 1.48 bits per heavy atom. The molecule has 0 unspecified atom stereocenters. The van der Waals surface area contributed by atoms with E-state index in [0.717, 1.165) is 31.6 Å². The average Bonchev–Trinajstić information content (AvgIpc) is 2.53. The Labute approximate surface area is 143 Å². The van der Waals surface area contributed by atoms with Gasteiger partial charge in [-0.3, -0.25) is 4.79 Å². The predicted octanol–water partition coefficient (Wildman–Crippen LogP) is 1.66. The van der Waals surface area contributed by atoms with Crippen LogP contribution < -0.4 is 15.8 Å². The van der Waals surface area contributed by atoms with Crippen LogP contribution in [0.5, 0.6) is 5.88 Å². The number of carbonyl (C=O) groups is 1. The molecule has 1 aliphatic heterocycles. The molecule has 0 saturated carbocycles. The van der Waals surface area contributed by atoms with Crippen LogP contribution in [-0.2, 0) is 16.1 Å². The lowest BCUT2D eigenvalue weighted by Gasteiger charge is -2.22. The van der Waals surface area contributed by atoms with E-state index in [1.165, 1.54) is 0 Å². The second-order valence-corrected chi connectivity index (χ2v) is 5.92. The van der Waals surface area contributed by atoms with Crippen LogP contribution in [0.1, 0.15) is 32.3 Å². The highest BCUT2D eigenvalue weighted by Crippen LogP contribution is 2.16. The number of pyridine rings is 1. The van der Waals surface area contributed by atoms with Gasteiger partial charge in [-0.25, -0.2) is 4.98 Å². The molecule has 1 amide bonds. The standard InChI is InChI=1S/C16H25N3O3.ClH/c1-11(2)15(17)16(20)19-10-12-3-6-18-14(9-12)22-13-4-7-21-8-5-13;/h3,6,9,11,13,15H,4-5,7-8,10,17H2,1-2H3,(H,19,20);1H/t15-;/m0./s1. The van der Waals surface area contributed by atoms with Gasteiger partial charge in [0.05, 0.1) is 19.3 Å². The molecule has 2 rings (SSSR count). The molecule has 0 spiro atoms.